The van der Waals surface area contributed by atoms with Crippen molar-refractivity contribution in [1.29, 1.82) is 0 Å². The first-order valence-corrected chi connectivity index (χ1v) is 8.60. The largest absolute Gasteiger partial charge is 0.354 e. The summed E-state index contributed by atoms with van der Waals surface area (Å²) in [7, 11) is 0. The van der Waals surface area contributed by atoms with Gasteiger partial charge in [0.1, 0.15) is 5.82 Å². The third kappa shape index (κ3) is 3.39. The fraction of sp³-hybridized carbons (Fsp3) is 0.316. The van der Waals surface area contributed by atoms with Crippen molar-refractivity contribution in [1.82, 2.24) is 20.0 Å². The zero-order valence-electron chi connectivity index (χ0n) is 14.2. The predicted octanol–water partition coefficient (Wildman–Crippen LogP) is 3.01. The number of piperazine rings is 1. The molecule has 1 fully saturated rings. The molecule has 2 aromatic heterocycles. The quantitative estimate of drug-likeness (QED) is 0.730. The number of hydrogen-bond donors (Lipinski definition) is 0. The Hall–Kier alpha value is -2.73. The Labute approximate surface area is 147 Å². The van der Waals surface area contributed by atoms with Crippen LogP contribution in [0.15, 0.2) is 59.3 Å². The fourth-order valence-electron chi connectivity index (χ4n) is 3.14. The van der Waals surface area contributed by atoms with Crippen molar-refractivity contribution >= 4 is 5.82 Å². The molecular formula is C19H21N5O. The van der Waals surface area contributed by atoms with E-state index in [0.717, 1.165) is 37.6 Å². The molecule has 0 bridgehead atoms. The number of benzene rings is 1. The van der Waals surface area contributed by atoms with Gasteiger partial charge in [-0.1, -0.05) is 41.6 Å². The van der Waals surface area contributed by atoms with Crippen molar-refractivity contribution < 1.29 is 4.52 Å². The van der Waals surface area contributed by atoms with Crippen molar-refractivity contribution in [2.45, 2.75) is 13.0 Å². The molecule has 6 heteroatoms. The molecule has 1 aliphatic heterocycles. The summed E-state index contributed by atoms with van der Waals surface area (Å²) in [6, 6.07) is 16.1. The predicted molar refractivity (Wildman–Crippen MR) is 96.2 cm³/mol. The van der Waals surface area contributed by atoms with Crippen LogP contribution in [0.25, 0.3) is 11.4 Å². The van der Waals surface area contributed by atoms with Gasteiger partial charge in [-0.15, -0.1) is 0 Å². The van der Waals surface area contributed by atoms with Crippen molar-refractivity contribution in [2.75, 3.05) is 31.1 Å². The summed E-state index contributed by atoms with van der Waals surface area (Å²) in [5.41, 5.74) is 0.977. The molecular weight excluding hydrogens is 314 g/mol. The molecule has 0 radical (unpaired) electrons. The van der Waals surface area contributed by atoms with Crippen LogP contribution in [0.5, 0.6) is 0 Å². The van der Waals surface area contributed by atoms with Crippen LogP contribution in [-0.4, -0.2) is 46.2 Å². The van der Waals surface area contributed by atoms with Gasteiger partial charge in [0.05, 0.1) is 6.04 Å². The second-order valence-corrected chi connectivity index (χ2v) is 6.21. The van der Waals surface area contributed by atoms with Gasteiger partial charge in [-0.25, -0.2) is 4.98 Å². The highest BCUT2D eigenvalue weighted by atomic mass is 16.5. The van der Waals surface area contributed by atoms with Gasteiger partial charge in [-0.3, -0.25) is 4.90 Å². The SMILES string of the molecule is CC(c1nc(-c2ccccc2)no1)N1CCN(c2ccccn2)CC1. The van der Waals surface area contributed by atoms with Crippen LogP contribution in [-0.2, 0) is 0 Å². The number of rotatable bonds is 4. The van der Waals surface area contributed by atoms with Gasteiger partial charge in [-0.2, -0.15) is 4.98 Å². The van der Waals surface area contributed by atoms with Crippen LogP contribution in [0.3, 0.4) is 0 Å². The Bertz CT molecular complexity index is 797. The third-order valence-corrected chi connectivity index (χ3v) is 4.67. The lowest BCUT2D eigenvalue weighted by Gasteiger charge is -2.37. The Morgan fingerprint density at radius 2 is 1.72 bits per heavy atom. The Kier molecular flexibility index (Phi) is 4.43. The maximum absolute atomic E-state index is 5.52. The van der Waals surface area contributed by atoms with Crippen LogP contribution in [0.4, 0.5) is 5.82 Å². The third-order valence-electron chi connectivity index (χ3n) is 4.67. The first kappa shape index (κ1) is 15.8. The number of hydrogen-bond acceptors (Lipinski definition) is 6. The van der Waals surface area contributed by atoms with E-state index >= 15 is 0 Å². The molecule has 6 nitrogen and oxygen atoms in total. The van der Waals surface area contributed by atoms with Crippen molar-refractivity contribution in [2.24, 2.45) is 0 Å². The molecule has 1 saturated heterocycles. The van der Waals surface area contributed by atoms with Gasteiger partial charge >= 0.3 is 0 Å². The Morgan fingerprint density at radius 3 is 2.44 bits per heavy atom. The molecule has 128 valence electrons. The molecule has 1 atom stereocenters. The molecule has 1 aliphatic rings. The average Bonchev–Trinajstić information content (AvgIpc) is 3.19. The highest BCUT2D eigenvalue weighted by Gasteiger charge is 2.26. The van der Waals surface area contributed by atoms with Crippen LogP contribution in [0, 0.1) is 0 Å². The van der Waals surface area contributed by atoms with E-state index in [4.69, 9.17) is 4.52 Å². The molecule has 3 heterocycles. The van der Waals surface area contributed by atoms with E-state index in [-0.39, 0.29) is 6.04 Å². The second-order valence-electron chi connectivity index (χ2n) is 6.21. The fourth-order valence-corrected chi connectivity index (χ4v) is 3.14. The highest BCUT2D eigenvalue weighted by molar-refractivity contribution is 5.53. The van der Waals surface area contributed by atoms with E-state index in [1.54, 1.807) is 0 Å². The van der Waals surface area contributed by atoms with Crippen LogP contribution < -0.4 is 4.90 Å². The summed E-state index contributed by atoms with van der Waals surface area (Å²) < 4.78 is 5.52. The highest BCUT2D eigenvalue weighted by Crippen LogP contribution is 2.24. The average molecular weight is 335 g/mol. The molecule has 0 N–H and O–H groups in total. The maximum atomic E-state index is 5.52. The zero-order chi connectivity index (χ0) is 17.1. The molecule has 0 aliphatic carbocycles. The maximum Gasteiger partial charge on any atom is 0.244 e. The van der Waals surface area contributed by atoms with E-state index in [1.807, 2.05) is 48.7 Å². The molecule has 0 saturated carbocycles. The molecule has 3 aromatic rings. The second kappa shape index (κ2) is 7.03. The Morgan fingerprint density at radius 1 is 0.960 bits per heavy atom. The van der Waals surface area contributed by atoms with E-state index < -0.39 is 0 Å². The number of pyridine rings is 1. The summed E-state index contributed by atoms with van der Waals surface area (Å²) in [4.78, 5) is 13.7. The number of aromatic nitrogens is 3. The van der Waals surface area contributed by atoms with Crippen LogP contribution in [0.1, 0.15) is 18.9 Å². The minimum absolute atomic E-state index is 0.107. The molecule has 0 spiro atoms. The molecule has 1 unspecified atom stereocenters. The minimum Gasteiger partial charge on any atom is -0.354 e. The van der Waals surface area contributed by atoms with Crippen molar-refractivity contribution in [3.8, 4) is 11.4 Å². The number of anilines is 1. The minimum atomic E-state index is 0.107. The normalized spacial score (nSPS) is 16.8. The summed E-state index contributed by atoms with van der Waals surface area (Å²) in [6.07, 6.45) is 1.84. The summed E-state index contributed by atoms with van der Waals surface area (Å²) in [5.74, 6) is 2.36. The summed E-state index contributed by atoms with van der Waals surface area (Å²) >= 11 is 0. The molecule has 1 aromatic carbocycles. The van der Waals surface area contributed by atoms with Crippen molar-refractivity contribution in [3.05, 3.63) is 60.6 Å². The van der Waals surface area contributed by atoms with E-state index in [9.17, 15) is 0 Å². The van der Waals surface area contributed by atoms with E-state index in [0.29, 0.717) is 11.7 Å². The first-order chi connectivity index (χ1) is 12.3. The van der Waals surface area contributed by atoms with Crippen molar-refractivity contribution in [3.63, 3.8) is 0 Å². The Balaban J connectivity index is 1.41. The standard InChI is InChI=1S/C19H21N5O/c1-15(19-21-18(22-25-19)16-7-3-2-4-8-16)23-11-13-24(14-12-23)17-9-5-6-10-20-17/h2-10,15H,11-14H2,1H3. The van der Waals surface area contributed by atoms with Crippen LogP contribution >= 0.6 is 0 Å². The summed E-state index contributed by atoms with van der Waals surface area (Å²) in [6.45, 7) is 5.91. The topological polar surface area (TPSA) is 58.3 Å². The van der Waals surface area contributed by atoms with Gasteiger partial charge in [0.2, 0.25) is 11.7 Å². The molecule has 0 amide bonds. The van der Waals surface area contributed by atoms with Crippen LogP contribution in [0.2, 0.25) is 0 Å². The summed E-state index contributed by atoms with van der Waals surface area (Å²) in [5, 5.41) is 4.13. The van der Waals surface area contributed by atoms with Gasteiger partial charge < -0.3 is 9.42 Å². The molecule has 25 heavy (non-hydrogen) atoms. The van der Waals surface area contributed by atoms with Gasteiger partial charge in [0.25, 0.3) is 0 Å². The monoisotopic (exact) mass is 335 g/mol. The van der Waals surface area contributed by atoms with Gasteiger partial charge in [-0.05, 0) is 19.1 Å². The smallest absolute Gasteiger partial charge is 0.244 e. The molecule has 4 rings (SSSR count). The zero-order valence-corrected chi connectivity index (χ0v) is 14.2. The first-order valence-electron chi connectivity index (χ1n) is 8.60. The van der Waals surface area contributed by atoms with Gasteiger partial charge in [0.15, 0.2) is 0 Å². The lowest BCUT2D eigenvalue weighted by atomic mass is 10.2. The van der Waals surface area contributed by atoms with E-state index in [1.165, 1.54) is 0 Å². The van der Waals surface area contributed by atoms with Gasteiger partial charge in [0, 0.05) is 37.9 Å². The number of nitrogens with zero attached hydrogens (tertiary/aromatic N) is 5. The lowest BCUT2D eigenvalue weighted by molar-refractivity contribution is 0.164. The lowest BCUT2D eigenvalue weighted by Crippen LogP contribution is -2.47. The van der Waals surface area contributed by atoms with E-state index in [2.05, 4.69) is 37.9 Å².